The summed E-state index contributed by atoms with van der Waals surface area (Å²) in [7, 11) is -2.82. The fourth-order valence-electron chi connectivity index (χ4n) is 8.11. The van der Waals surface area contributed by atoms with E-state index in [9.17, 15) is 4.79 Å². The van der Waals surface area contributed by atoms with Crippen LogP contribution in [-0.2, 0) is 4.79 Å². The maximum atomic E-state index is 12.8. The summed E-state index contributed by atoms with van der Waals surface area (Å²) in [5, 5.41) is 2.30. The van der Waals surface area contributed by atoms with E-state index < -0.39 is 19.8 Å². The van der Waals surface area contributed by atoms with Gasteiger partial charge in [-0.15, -0.1) is 0 Å². The molecule has 0 aliphatic carbocycles. The van der Waals surface area contributed by atoms with Crippen LogP contribution in [0.15, 0.2) is 127 Å². The van der Waals surface area contributed by atoms with Crippen molar-refractivity contribution in [3.63, 3.8) is 0 Å². The van der Waals surface area contributed by atoms with Crippen molar-refractivity contribution in [2.75, 3.05) is 26.2 Å². The van der Waals surface area contributed by atoms with Crippen molar-refractivity contribution in [2.24, 2.45) is 5.41 Å². The molecule has 1 fully saturated rings. The second kappa shape index (κ2) is 16.8. The van der Waals surface area contributed by atoms with Crippen LogP contribution in [0.25, 0.3) is 11.1 Å². The van der Waals surface area contributed by atoms with Gasteiger partial charge in [0.25, 0.3) is 0 Å². The zero-order valence-electron chi connectivity index (χ0n) is 34.6. The van der Waals surface area contributed by atoms with Gasteiger partial charge in [0.05, 0.1) is 5.41 Å². The molecule has 2 heterocycles. The van der Waals surface area contributed by atoms with Crippen LogP contribution in [0.5, 0.6) is 23.0 Å². The van der Waals surface area contributed by atoms with E-state index in [4.69, 9.17) is 18.6 Å². The molecule has 2 aliphatic heterocycles. The number of ether oxygens (including phenoxy) is 3. The lowest BCUT2D eigenvalue weighted by Crippen LogP contribution is -2.68. The summed E-state index contributed by atoms with van der Waals surface area (Å²) in [6, 6.07) is 43.9. The van der Waals surface area contributed by atoms with Crippen molar-refractivity contribution in [1.82, 2.24) is 4.90 Å². The highest BCUT2D eigenvalue weighted by Crippen LogP contribution is 2.48. The third kappa shape index (κ3) is 8.75. The van der Waals surface area contributed by atoms with E-state index in [0.29, 0.717) is 18.1 Å². The first-order valence-electron chi connectivity index (χ1n) is 20.4. The highest BCUT2D eigenvalue weighted by Gasteiger charge is 2.52. The Labute approximate surface area is 340 Å². The zero-order chi connectivity index (χ0) is 40.2. The molecule has 1 atom stereocenters. The Morgan fingerprint density at radius 1 is 0.719 bits per heavy atom. The molecule has 0 spiro atoms. The Bertz CT molecular complexity index is 2120. The zero-order valence-corrected chi connectivity index (χ0v) is 35.6. The molecule has 7 heteroatoms. The number of likely N-dealkylation sites (tertiary alicyclic amines) is 1. The molecule has 296 valence electrons. The van der Waals surface area contributed by atoms with Gasteiger partial charge in [-0.3, -0.25) is 9.69 Å². The number of nitrogens with zero attached hydrogens (tertiary/aromatic N) is 1. The predicted molar refractivity (Wildman–Crippen MR) is 234 cm³/mol. The molecular weight excluding hydrogens is 723 g/mol. The molecule has 5 aromatic rings. The molecule has 57 heavy (non-hydrogen) atoms. The number of allylic oxidation sites excluding steroid dienone is 1. The Hall–Kier alpha value is -5.11. The van der Waals surface area contributed by atoms with E-state index in [1.807, 2.05) is 51.1 Å². The van der Waals surface area contributed by atoms with Gasteiger partial charge in [0.2, 0.25) is 0 Å². The van der Waals surface area contributed by atoms with Gasteiger partial charge >= 0.3 is 14.3 Å². The van der Waals surface area contributed by atoms with E-state index in [-0.39, 0.29) is 11.0 Å². The number of piperidine rings is 1. The lowest BCUT2D eigenvalue weighted by Gasteiger charge is -2.43. The quantitative estimate of drug-likeness (QED) is 0.0756. The first-order valence-corrected chi connectivity index (χ1v) is 22.3. The van der Waals surface area contributed by atoms with Crippen molar-refractivity contribution in [3.8, 4) is 23.0 Å². The average molecular weight is 780 g/mol. The number of benzene rings is 5. The number of carbonyl (C=O) groups is 1. The number of hydrogen-bond acceptors (Lipinski definition) is 6. The van der Waals surface area contributed by atoms with Crippen LogP contribution in [0.1, 0.15) is 90.5 Å². The van der Waals surface area contributed by atoms with Crippen LogP contribution in [0.4, 0.5) is 0 Å². The molecule has 1 saturated heterocycles. The van der Waals surface area contributed by atoms with E-state index >= 15 is 0 Å². The van der Waals surface area contributed by atoms with Gasteiger partial charge in [0, 0.05) is 23.7 Å². The molecule has 0 amide bonds. The van der Waals surface area contributed by atoms with Gasteiger partial charge < -0.3 is 18.6 Å². The summed E-state index contributed by atoms with van der Waals surface area (Å²) >= 11 is 0. The van der Waals surface area contributed by atoms with Gasteiger partial charge in [0.15, 0.2) is 0 Å². The summed E-state index contributed by atoms with van der Waals surface area (Å²) in [5.41, 5.74) is 4.54. The van der Waals surface area contributed by atoms with Gasteiger partial charge in [-0.2, -0.15) is 0 Å². The highest BCUT2D eigenvalue weighted by atomic mass is 28.4. The van der Waals surface area contributed by atoms with E-state index in [2.05, 4.69) is 130 Å². The molecule has 2 aliphatic rings. The molecule has 7 rings (SSSR count). The van der Waals surface area contributed by atoms with Crippen LogP contribution < -0.4 is 29.0 Å². The van der Waals surface area contributed by atoms with Gasteiger partial charge in [-0.05, 0) is 122 Å². The Kier molecular flexibility index (Phi) is 11.8. The van der Waals surface area contributed by atoms with Crippen molar-refractivity contribution in [1.29, 1.82) is 0 Å². The first-order chi connectivity index (χ1) is 27.3. The van der Waals surface area contributed by atoms with Gasteiger partial charge in [0.1, 0.15) is 35.7 Å². The standard InChI is InChI=1S/C50H57NO5Si/c1-36-44-30-29-41(54-48(52)49(2,3)4)35-45(44)55-47(38-23-25-39(26-24-38)53-34-33-51-31-15-10-16-32-51)46(36)37-21-27-40(28-22-37)56-57(50(5,6)7,42-17-11-8-12-18-42)43-19-13-9-14-20-43/h8-9,11-14,17-30,35,47H,10,15-16,31-34H2,1-7H3. The summed E-state index contributed by atoms with van der Waals surface area (Å²) in [6.07, 6.45) is 3.44. The Balaban J connectivity index is 1.23. The normalized spacial score (nSPS) is 16.4. The third-order valence-corrected chi connectivity index (χ3v) is 16.2. The fourth-order valence-corrected chi connectivity index (χ4v) is 12.5. The summed E-state index contributed by atoms with van der Waals surface area (Å²) in [6.45, 7) is 18.5. The van der Waals surface area contributed by atoms with Gasteiger partial charge in [-0.1, -0.05) is 112 Å². The summed E-state index contributed by atoms with van der Waals surface area (Å²) < 4.78 is 26.3. The Morgan fingerprint density at radius 2 is 1.30 bits per heavy atom. The minimum absolute atomic E-state index is 0.164. The first kappa shape index (κ1) is 40.1. The maximum Gasteiger partial charge on any atom is 0.319 e. The predicted octanol–water partition coefficient (Wildman–Crippen LogP) is 10.5. The number of esters is 1. The molecule has 0 N–H and O–H groups in total. The highest BCUT2D eigenvalue weighted by molar-refractivity contribution is 7.00. The minimum atomic E-state index is -2.82. The van der Waals surface area contributed by atoms with Crippen LogP contribution in [0.3, 0.4) is 0 Å². The largest absolute Gasteiger partial charge is 0.534 e. The minimum Gasteiger partial charge on any atom is -0.534 e. The Morgan fingerprint density at radius 3 is 1.88 bits per heavy atom. The van der Waals surface area contributed by atoms with Gasteiger partial charge in [-0.25, -0.2) is 0 Å². The molecule has 5 aromatic carbocycles. The molecular formula is C50H57NO5Si. The number of fused-ring (bicyclic) bond motifs is 1. The topological polar surface area (TPSA) is 57.2 Å². The van der Waals surface area contributed by atoms with Crippen molar-refractivity contribution in [3.05, 3.63) is 144 Å². The van der Waals surface area contributed by atoms with Crippen LogP contribution >= 0.6 is 0 Å². The molecule has 0 radical (unpaired) electrons. The number of hydrogen-bond donors (Lipinski definition) is 0. The second-order valence-electron chi connectivity index (χ2n) is 17.4. The molecule has 0 saturated carbocycles. The second-order valence-corrected chi connectivity index (χ2v) is 21.7. The van der Waals surface area contributed by atoms with E-state index in [0.717, 1.165) is 59.0 Å². The molecule has 6 nitrogen and oxygen atoms in total. The molecule has 0 aromatic heterocycles. The molecule has 1 unspecified atom stereocenters. The molecule has 0 bridgehead atoms. The number of rotatable bonds is 11. The van der Waals surface area contributed by atoms with Crippen LogP contribution in [-0.4, -0.2) is 45.4 Å². The fraction of sp³-hybridized carbons (Fsp3) is 0.340. The summed E-state index contributed by atoms with van der Waals surface area (Å²) in [4.78, 5) is 15.3. The SMILES string of the molecule is CC1=C(c2ccc(O[Si](c3ccccc3)(c3ccccc3)C(C)(C)C)cc2)C(c2ccc(OCCN3CCCCC3)cc2)Oc2cc(OC(=O)C(C)(C)C)ccc21. The maximum absolute atomic E-state index is 12.8. The van der Waals surface area contributed by atoms with Crippen molar-refractivity contribution < 1.29 is 23.4 Å². The van der Waals surface area contributed by atoms with Crippen molar-refractivity contribution in [2.45, 2.75) is 78.9 Å². The van der Waals surface area contributed by atoms with Crippen LogP contribution in [0, 0.1) is 5.41 Å². The van der Waals surface area contributed by atoms with Crippen molar-refractivity contribution >= 4 is 35.8 Å². The van der Waals surface area contributed by atoms with E-state index in [1.54, 1.807) is 0 Å². The summed E-state index contributed by atoms with van der Waals surface area (Å²) in [5.74, 6) is 2.52. The third-order valence-electron chi connectivity index (χ3n) is 11.3. The number of carbonyl (C=O) groups excluding carboxylic acids is 1. The lowest BCUT2D eigenvalue weighted by atomic mass is 9.86. The lowest BCUT2D eigenvalue weighted by molar-refractivity contribution is -0.143. The monoisotopic (exact) mass is 779 g/mol. The smallest absolute Gasteiger partial charge is 0.319 e. The van der Waals surface area contributed by atoms with E-state index in [1.165, 1.54) is 29.6 Å². The van der Waals surface area contributed by atoms with Crippen LogP contribution in [0.2, 0.25) is 5.04 Å². The average Bonchev–Trinajstić information content (AvgIpc) is 3.21.